The van der Waals surface area contributed by atoms with Gasteiger partial charge in [-0.25, -0.2) is 14.6 Å². The van der Waals surface area contributed by atoms with E-state index in [0.29, 0.717) is 17.4 Å². The quantitative estimate of drug-likeness (QED) is 0.667. The van der Waals surface area contributed by atoms with Crippen molar-refractivity contribution in [3.63, 3.8) is 0 Å². The van der Waals surface area contributed by atoms with Gasteiger partial charge in [0.2, 0.25) is 0 Å². The first kappa shape index (κ1) is 13.9. The van der Waals surface area contributed by atoms with E-state index in [1.165, 1.54) is 6.33 Å². The molecular weight excluding hydrogens is 395 g/mol. The van der Waals surface area contributed by atoms with Gasteiger partial charge >= 0.3 is 0 Å². The molecule has 0 radical (unpaired) electrons. The van der Waals surface area contributed by atoms with Gasteiger partial charge in [-0.05, 0) is 49.3 Å². The lowest BCUT2D eigenvalue weighted by Gasteiger charge is -2.05. The van der Waals surface area contributed by atoms with E-state index in [2.05, 4.69) is 56.7 Å². The molecule has 3 heterocycles. The Balaban J connectivity index is 1.98. The molecule has 0 aliphatic heterocycles. The molecule has 3 aromatic rings. The third-order valence-electron chi connectivity index (χ3n) is 3.84. The highest BCUT2D eigenvalue weighted by molar-refractivity contribution is 14.1. The normalized spacial score (nSPS) is 15.1. The Morgan fingerprint density at radius 3 is 2.77 bits per heavy atom. The lowest BCUT2D eigenvalue weighted by molar-refractivity contribution is 0.385. The number of rotatable bonds is 3. The Morgan fingerprint density at radius 2 is 2.09 bits per heavy atom. The summed E-state index contributed by atoms with van der Waals surface area (Å²) in [5.74, 6) is 1.87. The van der Waals surface area contributed by atoms with E-state index in [0.717, 1.165) is 38.9 Å². The summed E-state index contributed by atoms with van der Waals surface area (Å²) in [5, 5.41) is 9.66. The van der Waals surface area contributed by atoms with Crippen molar-refractivity contribution in [2.75, 3.05) is 5.73 Å². The van der Waals surface area contributed by atoms with E-state index in [1.807, 2.05) is 4.68 Å². The summed E-state index contributed by atoms with van der Waals surface area (Å²) in [6, 6.07) is 0.165. The third-order valence-corrected chi connectivity index (χ3v) is 4.88. The average molecular weight is 410 g/mol. The van der Waals surface area contributed by atoms with Gasteiger partial charge in [-0.2, -0.15) is 5.10 Å². The van der Waals surface area contributed by atoms with Crippen LogP contribution in [0.1, 0.15) is 44.4 Å². The molecule has 0 atom stereocenters. The van der Waals surface area contributed by atoms with E-state index in [1.54, 1.807) is 0 Å². The van der Waals surface area contributed by atoms with Crippen molar-refractivity contribution in [3.05, 3.63) is 15.7 Å². The van der Waals surface area contributed by atoms with Crippen molar-refractivity contribution in [2.45, 2.75) is 38.6 Å². The summed E-state index contributed by atoms with van der Waals surface area (Å²) in [7, 11) is 0. The largest absolute Gasteiger partial charge is 0.383 e. The summed E-state index contributed by atoms with van der Waals surface area (Å²) in [6.07, 6.45) is 3.79. The second-order valence-electron chi connectivity index (χ2n) is 5.83. The molecule has 0 saturated heterocycles. The monoisotopic (exact) mass is 410 g/mol. The lowest BCUT2D eigenvalue weighted by atomic mass is 10.2. The first-order valence-corrected chi connectivity index (χ1v) is 8.30. The lowest BCUT2D eigenvalue weighted by Crippen LogP contribution is -2.04. The van der Waals surface area contributed by atoms with Gasteiger partial charge in [0.25, 0.3) is 0 Å². The number of nitrogen functional groups attached to an aromatic ring is 1. The van der Waals surface area contributed by atoms with Gasteiger partial charge in [0, 0.05) is 12.0 Å². The number of fused-ring (bicyclic) bond motifs is 1. The first-order chi connectivity index (χ1) is 10.6. The highest BCUT2D eigenvalue weighted by Crippen LogP contribution is 2.45. The molecule has 22 heavy (non-hydrogen) atoms. The van der Waals surface area contributed by atoms with E-state index in [4.69, 9.17) is 10.3 Å². The van der Waals surface area contributed by atoms with Crippen LogP contribution in [0.4, 0.5) is 5.82 Å². The molecule has 2 N–H and O–H groups in total. The minimum atomic E-state index is 0.165. The minimum absolute atomic E-state index is 0.165. The molecule has 7 nitrogen and oxygen atoms in total. The minimum Gasteiger partial charge on any atom is -0.383 e. The number of hydrogen-bond donors (Lipinski definition) is 1. The van der Waals surface area contributed by atoms with Crippen LogP contribution < -0.4 is 5.73 Å². The number of halogens is 1. The molecule has 0 amide bonds. The van der Waals surface area contributed by atoms with Crippen LogP contribution in [0.25, 0.3) is 22.4 Å². The fourth-order valence-corrected chi connectivity index (χ4v) is 3.45. The van der Waals surface area contributed by atoms with Crippen LogP contribution in [0.15, 0.2) is 10.9 Å². The SMILES string of the molecule is CC(C)n1nc(-c2noc(C3CC3)c2I)c2c(N)ncnc21. The Bertz CT molecular complexity index is 864. The van der Waals surface area contributed by atoms with Gasteiger partial charge in [-0.15, -0.1) is 0 Å². The average Bonchev–Trinajstić information content (AvgIpc) is 3.13. The van der Waals surface area contributed by atoms with Crippen molar-refractivity contribution in [3.8, 4) is 11.4 Å². The molecule has 8 heteroatoms. The molecule has 0 spiro atoms. The van der Waals surface area contributed by atoms with Gasteiger partial charge in [0.05, 0.1) is 8.96 Å². The van der Waals surface area contributed by atoms with Crippen molar-refractivity contribution in [1.29, 1.82) is 0 Å². The molecule has 1 fully saturated rings. The predicted molar refractivity (Wildman–Crippen MR) is 90.3 cm³/mol. The van der Waals surface area contributed by atoms with Crippen LogP contribution >= 0.6 is 22.6 Å². The molecule has 0 aromatic carbocycles. The number of nitrogens with two attached hydrogens (primary N) is 1. The number of hydrogen-bond acceptors (Lipinski definition) is 6. The first-order valence-electron chi connectivity index (χ1n) is 7.22. The molecule has 0 unspecified atom stereocenters. The van der Waals surface area contributed by atoms with Gasteiger partial charge in [-0.1, -0.05) is 5.16 Å². The van der Waals surface area contributed by atoms with Crippen LogP contribution in [0.5, 0.6) is 0 Å². The third kappa shape index (κ3) is 2.00. The van der Waals surface area contributed by atoms with Crippen LogP contribution in [0.2, 0.25) is 0 Å². The molecule has 0 bridgehead atoms. The zero-order chi connectivity index (χ0) is 15.4. The van der Waals surface area contributed by atoms with Gasteiger partial charge in [-0.3, -0.25) is 0 Å². The number of nitrogens with zero attached hydrogens (tertiary/aromatic N) is 5. The highest BCUT2D eigenvalue weighted by Gasteiger charge is 2.33. The zero-order valence-electron chi connectivity index (χ0n) is 12.2. The van der Waals surface area contributed by atoms with Crippen LogP contribution in [0, 0.1) is 3.57 Å². The summed E-state index contributed by atoms with van der Waals surface area (Å²) in [5.41, 5.74) is 8.22. The molecule has 1 saturated carbocycles. The maximum atomic E-state index is 6.07. The van der Waals surface area contributed by atoms with Gasteiger partial charge in [0.15, 0.2) is 11.4 Å². The van der Waals surface area contributed by atoms with Crippen LogP contribution in [-0.2, 0) is 0 Å². The summed E-state index contributed by atoms with van der Waals surface area (Å²) in [4.78, 5) is 8.44. The van der Waals surface area contributed by atoms with Crippen molar-refractivity contribution < 1.29 is 4.52 Å². The molecule has 114 valence electrons. The van der Waals surface area contributed by atoms with E-state index < -0.39 is 0 Å². The summed E-state index contributed by atoms with van der Waals surface area (Å²) >= 11 is 2.28. The maximum absolute atomic E-state index is 6.07. The summed E-state index contributed by atoms with van der Waals surface area (Å²) < 4.78 is 8.41. The molecule has 1 aliphatic carbocycles. The van der Waals surface area contributed by atoms with Crippen LogP contribution in [0.3, 0.4) is 0 Å². The second kappa shape index (κ2) is 4.90. The standard InChI is InChI=1S/C14H15IN6O/c1-6(2)21-14-8(13(16)17-5-18-14)10(19-21)11-9(15)12(22-20-11)7-3-4-7/h5-7H,3-4H2,1-2H3,(H2,16,17,18). The van der Waals surface area contributed by atoms with Crippen molar-refractivity contribution in [1.82, 2.24) is 24.9 Å². The molecular formula is C14H15IN6O. The second-order valence-corrected chi connectivity index (χ2v) is 6.91. The topological polar surface area (TPSA) is 95.7 Å². The highest BCUT2D eigenvalue weighted by atomic mass is 127. The van der Waals surface area contributed by atoms with Crippen molar-refractivity contribution >= 4 is 39.4 Å². The maximum Gasteiger partial charge on any atom is 0.164 e. The van der Waals surface area contributed by atoms with E-state index >= 15 is 0 Å². The number of aromatic nitrogens is 5. The van der Waals surface area contributed by atoms with Crippen molar-refractivity contribution in [2.24, 2.45) is 0 Å². The van der Waals surface area contributed by atoms with E-state index in [-0.39, 0.29) is 6.04 Å². The summed E-state index contributed by atoms with van der Waals surface area (Å²) in [6.45, 7) is 4.11. The Morgan fingerprint density at radius 1 is 1.32 bits per heavy atom. The van der Waals surface area contributed by atoms with E-state index in [9.17, 15) is 0 Å². The fraction of sp³-hybridized carbons (Fsp3) is 0.429. The fourth-order valence-electron chi connectivity index (χ4n) is 2.56. The van der Waals surface area contributed by atoms with Gasteiger partial charge < -0.3 is 10.3 Å². The molecule has 4 rings (SSSR count). The molecule has 1 aliphatic rings. The molecule has 3 aromatic heterocycles. The Labute approximate surface area is 140 Å². The predicted octanol–water partition coefficient (Wildman–Crippen LogP) is 3.13. The Kier molecular flexibility index (Phi) is 3.10. The zero-order valence-corrected chi connectivity index (χ0v) is 14.4. The smallest absolute Gasteiger partial charge is 0.164 e. The van der Waals surface area contributed by atoms with Gasteiger partial charge in [0.1, 0.15) is 23.5 Å². The number of anilines is 1. The Hall–Kier alpha value is -1.71. The van der Waals surface area contributed by atoms with Crippen LogP contribution in [-0.4, -0.2) is 24.9 Å².